The number of carbonyl (C=O) groups excluding carboxylic acids is 1. The minimum atomic E-state index is -0.229. The molecular formula is C25H20N4O2S. The first kappa shape index (κ1) is 21.3. The number of thioether (sulfide) groups is 1. The number of carbonyl (C=O) groups is 1. The fourth-order valence-corrected chi connectivity index (χ4v) is 4.12. The van der Waals surface area contributed by atoms with Crippen molar-refractivity contribution in [2.75, 3.05) is 11.1 Å². The minimum absolute atomic E-state index is 0.165. The van der Waals surface area contributed by atoms with Crippen LogP contribution in [0.4, 0.5) is 5.88 Å². The first-order valence-electron chi connectivity index (χ1n) is 10.0. The van der Waals surface area contributed by atoms with Crippen LogP contribution in [-0.2, 0) is 4.79 Å². The van der Waals surface area contributed by atoms with Crippen LogP contribution in [0.5, 0.6) is 0 Å². The molecule has 2 aromatic heterocycles. The third-order valence-corrected chi connectivity index (χ3v) is 5.66. The Balaban J connectivity index is 1.58. The van der Waals surface area contributed by atoms with Crippen LogP contribution in [0.15, 0.2) is 82.5 Å². The van der Waals surface area contributed by atoms with E-state index in [0.29, 0.717) is 22.6 Å². The predicted octanol–water partition coefficient (Wildman–Crippen LogP) is 5.70. The molecule has 2 heterocycles. The average Bonchev–Trinajstić information content (AvgIpc) is 3.18. The highest BCUT2D eigenvalue weighted by atomic mass is 32.2. The highest BCUT2D eigenvalue weighted by Crippen LogP contribution is 2.41. The van der Waals surface area contributed by atoms with Gasteiger partial charge in [0.2, 0.25) is 11.8 Å². The van der Waals surface area contributed by atoms with Crippen LogP contribution in [0, 0.1) is 18.3 Å². The van der Waals surface area contributed by atoms with E-state index in [1.807, 2.05) is 73.7 Å². The highest BCUT2D eigenvalue weighted by Gasteiger charge is 2.24. The molecule has 158 valence electrons. The minimum Gasteiger partial charge on any atom is -0.438 e. The van der Waals surface area contributed by atoms with E-state index in [-0.39, 0.29) is 18.2 Å². The second-order valence-electron chi connectivity index (χ2n) is 7.00. The van der Waals surface area contributed by atoms with Crippen molar-refractivity contribution in [3.63, 3.8) is 0 Å². The highest BCUT2D eigenvalue weighted by molar-refractivity contribution is 7.99. The lowest BCUT2D eigenvalue weighted by atomic mass is 9.98. The van der Waals surface area contributed by atoms with Crippen molar-refractivity contribution in [2.45, 2.75) is 18.4 Å². The number of hydrogen-bond acceptors (Lipinski definition) is 6. The molecule has 4 rings (SSSR count). The van der Waals surface area contributed by atoms with Gasteiger partial charge in [-0.15, -0.1) is 11.8 Å². The van der Waals surface area contributed by atoms with Gasteiger partial charge in [-0.1, -0.05) is 60.7 Å². The Morgan fingerprint density at radius 3 is 2.41 bits per heavy atom. The molecular weight excluding hydrogens is 420 g/mol. The Morgan fingerprint density at radius 2 is 1.75 bits per heavy atom. The second kappa shape index (κ2) is 9.94. The zero-order valence-corrected chi connectivity index (χ0v) is 18.2. The van der Waals surface area contributed by atoms with Crippen molar-refractivity contribution in [1.29, 1.82) is 5.26 Å². The van der Waals surface area contributed by atoms with Crippen molar-refractivity contribution in [3.8, 4) is 28.5 Å². The average molecular weight is 441 g/mol. The van der Waals surface area contributed by atoms with Gasteiger partial charge < -0.3 is 4.42 Å². The topological polar surface area (TPSA) is 91.8 Å². The molecule has 0 radical (unpaired) electrons. The quantitative estimate of drug-likeness (QED) is 0.293. The smallest absolute Gasteiger partial charge is 0.227 e. The van der Waals surface area contributed by atoms with Crippen LogP contribution in [0.2, 0.25) is 0 Å². The maximum Gasteiger partial charge on any atom is 0.227 e. The van der Waals surface area contributed by atoms with Crippen molar-refractivity contribution in [2.24, 2.45) is 0 Å². The van der Waals surface area contributed by atoms with Crippen molar-refractivity contribution < 1.29 is 9.21 Å². The monoisotopic (exact) mass is 440 g/mol. The predicted molar refractivity (Wildman–Crippen MR) is 125 cm³/mol. The molecule has 0 aliphatic heterocycles. The van der Waals surface area contributed by atoms with E-state index in [0.717, 1.165) is 21.8 Å². The lowest BCUT2D eigenvalue weighted by Crippen LogP contribution is -2.12. The third kappa shape index (κ3) is 4.88. The Bertz CT molecular complexity index is 1260. The number of aromatic nitrogens is 2. The van der Waals surface area contributed by atoms with E-state index in [1.54, 1.807) is 0 Å². The van der Waals surface area contributed by atoms with Crippen LogP contribution in [0.25, 0.3) is 22.5 Å². The van der Waals surface area contributed by atoms with E-state index in [2.05, 4.69) is 21.4 Å². The summed E-state index contributed by atoms with van der Waals surface area (Å²) in [6.07, 6.45) is 1.76. The molecule has 0 unspecified atom stereocenters. The van der Waals surface area contributed by atoms with Gasteiger partial charge in [0.25, 0.3) is 0 Å². The summed E-state index contributed by atoms with van der Waals surface area (Å²) < 4.78 is 6.05. The number of nitriles is 1. The summed E-state index contributed by atoms with van der Waals surface area (Å²) in [6, 6.07) is 23.2. The molecule has 4 aromatic rings. The van der Waals surface area contributed by atoms with Crippen LogP contribution >= 0.6 is 11.8 Å². The molecule has 0 saturated heterocycles. The molecule has 2 aromatic carbocycles. The summed E-state index contributed by atoms with van der Waals surface area (Å²) in [5.41, 5.74) is 3.53. The van der Waals surface area contributed by atoms with Gasteiger partial charge in [-0.2, -0.15) is 5.26 Å². The standard InChI is InChI=1S/C25H20N4O2S/c1-17-14-22(28-16-27-17)32-13-12-21(30)29-25-20(15-26)23(18-8-4-2-5-9-18)24(31-25)19-10-6-3-7-11-19/h2-11,14,16H,12-13H2,1H3,(H,29,30). The van der Waals surface area contributed by atoms with Gasteiger partial charge in [-0.3, -0.25) is 10.1 Å². The molecule has 0 saturated carbocycles. The Kier molecular flexibility index (Phi) is 6.63. The van der Waals surface area contributed by atoms with Gasteiger partial charge in [0.1, 0.15) is 23.7 Å². The van der Waals surface area contributed by atoms with Gasteiger partial charge in [0.05, 0.1) is 5.03 Å². The van der Waals surface area contributed by atoms with E-state index < -0.39 is 0 Å². The molecule has 32 heavy (non-hydrogen) atoms. The number of benzene rings is 2. The molecule has 0 bridgehead atoms. The van der Waals surface area contributed by atoms with Crippen LogP contribution < -0.4 is 5.32 Å². The fourth-order valence-electron chi connectivity index (χ4n) is 3.25. The fraction of sp³-hybridized carbons (Fsp3) is 0.120. The summed E-state index contributed by atoms with van der Waals surface area (Å²) in [5, 5.41) is 13.5. The molecule has 0 fully saturated rings. The van der Waals surface area contributed by atoms with Crippen molar-refractivity contribution in [1.82, 2.24) is 9.97 Å². The number of hydrogen-bond donors (Lipinski definition) is 1. The zero-order valence-electron chi connectivity index (χ0n) is 17.4. The molecule has 1 amide bonds. The van der Waals surface area contributed by atoms with Gasteiger partial charge in [0.15, 0.2) is 0 Å². The molecule has 0 aliphatic rings. The van der Waals surface area contributed by atoms with E-state index in [1.165, 1.54) is 18.1 Å². The van der Waals surface area contributed by atoms with Crippen molar-refractivity contribution >= 4 is 23.6 Å². The number of nitrogens with zero attached hydrogens (tertiary/aromatic N) is 3. The zero-order chi connectivity index (χ0) is 22.3. The van der Waals surface area contributed by atoms with Gasteiger partial charge in [0, 0.05) is 29.0 Å². The number of rotatable bonds is 7. The van der Waals surface area contributed by atoms with Gasteiger partial charge in [-0.25, -0.2) is 9.97 Å². The lowest BCUT2D eigenvalue weighted by molar-refractivity contribution is -0.115. The molecule has 6 nitrogen and oxygen atoms in total. The summed E-state index contributed by atoms with van der Waals surface area (Å²) in [4.78, 5) is 20.9. The number of aryl methyl sites for hydroxylation is 1. The van der Waals surface area contributed by atoms with Crippen LogP contribution in [-0.4, -0.2) is 21.6 Å². The van der Waals surface area contributed by atoms with E-state index in [9.17, 15) is 10.1 Å². The Morgan fingerprint density at radius 1 is 1.06 bits per heavy atom. The maximum atomic E-state index is 12.6. The van der Waals surface area contributed by atoms with Gasteiger partial charge >= 0.3 is 0 Å². The first-order valence-corrected chi connectivity index (χ1v) is 11.0. The molecule has 0 aliphatic carbocycles. The largest absolute Gasteiger partial charge is 0.438 e. The lowest BCUT2D eigenvalue weighted by Gasteiger charge is -2.03. The molecule has 7 heteroatoms. The number of amides is 1. The van der Waals surface area contributed by atoms with Gasteiger partial charge in [-0.05, 0) is 18.6 Å². The second-order valence-corrected chi connectivity index (χ2v) is 8.11. The Labute approximate surface area is 190 Å². The first-order chi connectivity index (χ1) is 15.7. The molecule has 1 N–H and O–H groups in total. The normalized spacial score (nSPS) is 10.5. The summed E-state index contributed by atoms with van der Waals surface area (Å²) in [5.74, 6) is 1.03. The summed E-state index contributed by atoms with van der Waals surface area (Å²) in [7, 11) is 0. The molecule has 0 atom stereocenters. The van der Waals surface area contributed by atoms with Crippen LogP contribution in [0.1, 0.15) is 17.7 Å². The molecule has 0 spiro atoms. The van der Waals surface area contributed by atoms with E-state index >= 15 is 0 Å². The summed E-state index contributed by atoms with van der Waals surface area (Å²) in [6.45, 7) is 1.90. The number of furan rings is 1. The SMILES string of the molecule is Cc1cc(SCCC(=O)Nc2oc(-c3ccccc3)c(-c3ccccc3)c2C#N)ncn1. The Hall–Kier alpha value is -3.89. The number of nitrogens with one attached hydrogen (secondary N) is 1. The summed E-state index contributed by atoms with van der Waals surface area (Å²) >= 11 is 1.48. The maximum absolute atomic E-state index is 12.6. The van der Waals surface area contributed by atoms with Crippen molar-refractivity contribution in [3.05, 3.63) is 84.3 Å². The third-order valence-electron chi connectivity index (χ3n) is 4.73. The number of anilines is 1. The van der Waals surface area contributed by atoms with E-state index in [4.69, 9.17) is 4.42 Å². The van der Waals surface area contributed by atoms with Crippen LogP contribution in [0.3, 0.4) is 0 Å².